The van der Waals surface area contributed by atoms with Gasteiger partial charge in [-0.15, -0.1) is 0 Å². The van der Waals surface area contributed by atoms with Crippen molar-refractivity contribution in [2.45, 2.75) is 18.4 Å². The summed E-state index contributed by atoms with van der Waals surface area (Å²) >= 11 is 0. The zero-order chi connectivity index (χ0) is 14.8. The molecule has 104 valence electrons. The van der Waals surface area contributed by atoms with Crippen molar-refractivity contribution >= 4 is 10.0 Å². The number of sulfonamides is 1. The van der Waals surface area contributed by atoms with Gasteiger partial charge in [0.15, 0.2) is 0 Å². The molecule has 0 aliphatic rings. The summed E-state index contributed by atoms with van der Waals surface area (Å²) in [6.07, 6.45) is 1.52. The highest BCUT2D eigenvalue weighted by molar-refractivity contribution is 7.89. The van der Waals surface area contributed by atoms with Crippen molar-refractivity contribution in [2.24, 2.45) is 0 Å². The molecule has 0 radical (unpaired) electrons. The summed E-state index contributed by atoms with van der Waals surface area (Å²) in [4.78, 5) is 0.0196. The Morgan fingerprint density at radius 3 is 2.60 bits per heavy atom. The van der Waals surface area contributed by atoms with E-state index >= 15 is 0 Å². The van der Waals surface area contributed by atoms with Crippen molar-refractivity contribution in [1.29, 1.82) is 5.26 Å². The van der Waals surface area contributed by atoms with Gasteiger partial charge in [-0.05, 0) is 25.1 Å². The minimum absolute atomic E-state index is 0.0196. The summed E-state index contributed by atoms with van der Waals surface area (Å²) in [6, 6.07) is 9.80. The molecule has 6 heteroatoms. The minimum atomic E-state index is -3.71. The monoisotopic (exact) mass is 290 g/mol. The first-order valence-electron chi connectivity index (χ1n) is 5.95. The smallest absolute Gasteiger partial charge is 0.244 e. The van der Waals surface area contributed by atoms with Crippen LogP contribution in [0.2, 0.25) is 0 Å². The summed E-state index contributed by atoms with van der Waals surface area (Å²) in [5.74, 6) is 0.681. The first kappa shape index (κ1) is 14.3. The van der Waals surface area contributed by atoms with Gasteiger partial charge in [-0.25, -0.2) is 8.42 Å². The van der Waals surface area contributed by atoms with E-state index in [1.807, 2.05) is 6.07 Å². The maximum atomic E-state index is 12.5. The van der Waals surface area contributed by atoms with Gasteiger partial charge in [0.25, 0.3) is 0 Å². The summed E-state index contributed by atoms with van der Waals surface area (Å²) < 4.78 is 31.4. The highest BCUT2D eigenvalue weighted by Crippen LogP contribution is 2.21. The first-order valence-corrected chi connectivity index (χ1v) is 7.39. The van der Waals surface area contributed by atoms with Crippen molar-refractivity contribution < 1.29 is 12.8 Å². The molecule has 0 unspecified atom stereocenters. The highest BCUT2D eigenvalue weighted by atomic mass is 32.2. The molecule has 1 aromatic carbocycles. The molecular weight excluding hydrogens is 276 g/mol. The van der Waals surface area contributed by atoms with E-state index in [4.69, 9.17) is 9.68 Å². The van der Waals surface area contributed by atoms with Crippen LogP contribution >= 0.6 is 0 Å². The van der Waals surface area contributed by atoms with Gasteiger partial charge < -0.3 is 4.42 Å². The molecule has 0 atom stereocenters. The lowest BCUT2D eigenvalue weighted by Crippen LogP contribution is -2.27. The Morgan fingerprint density at radius 2 is 2.00 bits per heavy atom. The molecule has 0 aliphatic carbocycles. The predicted molar refractivity (Wildman–Crippen MR) is 73.3 cm³/mol. The molecule has 20 heavy (non-hydrogen) atoms. The summed E-state index contributed by atoms with van der Waals surface area (Å²) in [6.45, 7) is 1.98. The van der Waals surface area contributed by atoms with Crippen LogP contribution in [0.15, 0.2) is 45.9 Å². The normalized spacial score (nSPS) is 11.5. The molecule has 2 rings (SSSR count). The maximum absolute atomic E-state index is 12.5. The Kier molecular flexibility index (Phi) is 3.93. The quantitative estimate of drug-likeness (QED) is 0.865. The second kappa shape index (κ2) is 5.49. The first-order chi connectivity index (χ1) is 9.46. The average molecular weight is 290 g/mol. The number of rotatable bonds is 4. The number of hydrogen-bond acceptors (Lipinski definition) is 4. The van der Waals surface area contributed by atoms with Gasteiger partial charge in [0, 0.05) is 19.2 Å². The summed E-state index contributed by atoms with van der Waals surface area (Å²) in [5.41, 5.74) is 0.939. The van der Waals surface area contributed by atoms with E-state index in [9.17, 15) is 8.42 Å². The maximum Gasteiger partial charge on any atom is 0.244 e. The number of nitriles is 1. The number of benzene rings is 1. The predicted octanol–water partition coefficient (Wildman–Crippen LogP) is 2.28. The second-order valence-corrected chi connectivity index (χ2v) is 6.38. The van der Waals surface area contributed by atoms with E-state index in [0.717, 1.165) is 5.56 Å². The van der Waals surface area contributed by atoms with Gasteiger partial charge in [0.1, 0.15) is 11.8 Å². The molecule has 5 nitrogen and oxygen atoms in total. The van der Waals surface area contributed by atoms with E-state index in [2.05, 4.69) is 0 Å². The van der Waals surface area contributed by atoms with Gasteiger partial charge in [0.2, 0.25) is 10.0 Å². The Morgan fingerprint density at radius 1 is 1.30 bits per heavy atom. The minimum Gasteiger partial charge on any atom is -0.469 e. The van der Waals surface area contributed by atoms with Crippen LogP contribution in [-0.2, 0) is 16.6 Å². The molecule has 0 N–H and O–H groups in total. The standard InChI is InChI=1S/C14H14N2O3S/c1-11-13(7-8-19-11)10-16(2)20(17,18)14-6-4-3-5-12(14)9-15/h3-8H,10H2,1-2H3. The Labute approximate surface area is 118 Å². The third kappa shape index (κ3) is 2.59. The molecule has 0 spiro atoms. The van der Waals surface area contributed by atoms with Gasteiger partial charge in [-0.3, -0.25) is 0 Å². The average Bonchev–Trinajstić information content (AvgIpc) is 2.84. The zero-order valence-corrected chi connectivity index (χ0v) is 12.0. The largest absolute Gasteiger partial charge is 0.469 e. The van der Waals surface area contributed by atoms with Crippen molar-refractivity contribution in [3.8, 4) is 6.07 Å². The number of nitrogens with zero attached hydrogens (tertiary/aromatic N) is 2. The lowest BCUT2D eigenvalue weighted by Gasteiger charge is -2.17. The Balaban J connectivity index is 2.35. The van der Waals surface area contributed by atoms with Crippen molar-refractivity contribution in [2.75, 3.05) is 7.05 Å². The summed E-state index contributed by atoms with van der Waals surface area (Å²) in [7, 11) is -2.22. The molecule has 0 fully saturated rings. The molecule has 2 aromatic rings. The topological polar surface area (TPSA) is 74.3 Å². The Hall–Kier alpha value is -2.10. The lowest BCUT2D eigenvalue weighted by atomic mass is 10.2. The molecule has 1 heterocycles. The van der Waals surface area contributed by atoms with Crippen LogP contribution in [0.5, 0.6) is 0 Å². The van der Waals surface area contributed by atoms with Crippen LogP contribution in [0.4, 0.5) is 0 Å². The van der Waals surface area contributed by atoms with Crippen LogP contribution in [0, 0.1) is 18.3 Å². The third-order valence-corrected chi connectivity index (χ3v) is 4.92. The van der Waals surface area contributed by atoms with E-state index < -0.39 is 10.0 Å². The van der Waals surface area contributed by atoms with E-state index in [1.54, 1.807) is 25.1 Å². The fourth-order valence-electron chi connectivity index (χ4n) is 1.85. The van der Waals surface area contributed by atoms with E-state index in [0.29, 0.717) is 5.76 Å². The van der Waals surface area contributed by atoms with Gasteiger partial charge in [-0.2, -0.15) is 9.57 Å². The Bertz CT molecular complexity index is 757. The van der Waals surface area contributed by atoms with Gasteiger partial charge in [0.05, 0.1) is 16.7 Å². The molecule has 0 bridgehead atoms. The second-order valence-electron chi connectivity index (χ2n) is 4.37. The van der Waals surface area contributed by atoms with Crippen molar-refractivity contribution in [3.05, 3.63) is 53.5 Å². The van der Waals surface area contributed by atoms with E-state index in [1.165, 1.54) is 29.7 Å². The lowest BCUT2D eigenvalue weighted by molar-refractivity contribution is 0.458. The van der Waals surface area contributed by atoms with Crippen LogP contribution in [0.3, 0.4) is 0 Å². The summed E-state index contributed by atoms with van der Waals surface area (Å²) in [5, 5.41) is 9.02. The molecule has 1 aromatic heterocycles. The fraction of sp³-hybridized carbons (Fsp3) is 0.214. The number of furan rings is 1. The third-order valence-electron chi connectivity index (χ3n) is 3.05. The van der Waals surface area contributed by atoms with E-state index in [-0.39, 0.29) is 17.0 Å². The van der Waals surface area contributed by atoms with Crippen molar-refractivity contribution in [3.63, 3.8) is 0 Å². The van der Waals surface area contributed by atoms with Gasteiger partial charge >= 0.3 is 0 Å². The van der Waals surface area contributed by atoms with Crippen molar-refractivity contribution in [1.82, 2.24) is 4.31 Å². The van der Waals surface area contributed by atoms with Crippen LogP contribution in [0.1, 0.15) is 16.9 Å². The van der Waals surface area contributed by atoms with Crippen LogP contribution in [0.25, 0.3) is 0 Å². The van der Waals surface area contributed by atoms with Crippen LogP contribution in [-0.4, -0.2) is 19.8 Å². The SMILES string of the molecule is Cc1occc1CN(C)S(=O)(=O)c1ccccc1C#N. The zero-order valence-electron chi connectivity index (χ0n) is 11.2. The molecule has 0 saturated heterocycles. The molecular formula is C14H14N2O3S. The molecule has 0 saturated carbocycles. The number of hydrogen-bond donors (Lipinski definition) is 0. The molecule has 0 aliphatic heterocycles. The highest BCUT2D eigenvalue weighted by Gasteiger charge is 2.24. The number of aryl methyl sites for hydroxylation is 1. The molecule has 0 amide bonds. The van der Waals surface area contributed by atoms with Crippen LogP contribution < -0.4 is 0 Å². The van der Waals surface area contributed by atoms with Gasteiger partial charge in [-0.1, -0.05) is 12.1 Å². The fourth-order valence-corrected chi connectivity index (χ4v) is 3.14.